The molecule has 3 aromatic rings. The minimum atomic E-state index is 0.821. The summed E-state index contributed by atoms with van der Waals surface area (Å²) in [4.78, 5) is 5.26. The Morgan fingerprint density at radius 1 is 1.05 bits per heavy atom. The Kier molecular flexibility index (Phi) is 3.56. The van der Waals surface area contributed by atoms with Crippen LogP contribution >= 0.6 is 11.8 Å². The van der Waals surface area contributed by atoms with E-state index in [4.69, 9.17) is 4.52 Å². The maximum absolute atomic E-state index is 5.42. The van der Waals surface area contributed by atoms with Crippen molar-refractivity contribution < 1.29 is 4.52 Å². The molecule has 2 heterocycles. The Balaban J connectivity index is 2.22. The molecule has 0 unspecified atom stereocenters. The van der Waals surface area contributed by atoms with E-state index in [0.29, 0.717) is 0 Å². The lowest BCUT2D eigenvalue weighted by molar-refractivity contribution is 0.400. The molecular weight excluding hydrogens is 268 g/mol. The van der Waals surface area contributed by atoms with E-state index < -0.39 is 0 Å². The van der Waals surface area contributed by atoms with E-state index in [1.807, 2.05) is 31.2 Å². The Morgan fingerprint density at radius 3 is 2.55 bits per heavy atom. The third-order valence-electron chi connectivity index (χ3n) is 3.19. The van der Waals surface area contributed by atoms with Crippen LogP contribution in [0, 0.1) is 6.92 Å². The number of hydrogen-bond donors (Lipinski definition) is 0. The quantitative estimate of drug-likeness (QED) is 0.666. The van der Waals surface area contributed by atoms with Crippen LogP contribution in [0.2, 0.25) is 0 Å². The standard InChI is InChI=1S/C16H14N2OS/c1-11-15(12-7-9-17-10-8-12)16(18-19-11)13-5-3-4-6-14(13)20-2/h3-10H,1-2H3. The molecule has 0 spiro atoms. The molecule has 0 aliphatic carbocycles. The van der Waals surface area contributed by atoms with Crippen molar-refractivity contribution in [3.8, 4) is 22.4 Å². The molecule has 0 aliphatic heterocycles. The van der Waals surface area contributed by atoms with Gasteiger partial charge in [-0.05, 0) is 36.9 Å². The molecule has 20 heavy (non-hydrogen) atoms. The van der Waals surface area contributed by atoms with Gasteiger partial charge in [-0.3, -0.25) is 4.98 Å². The van der Waals surface area contributed by atoms with Crippen LogP contribution in [-0.4, -0.2) is 16.4 Å². The zero-order valence-corrected chi connectivity index (χ0v) is 12.1. The van der Waals surface area contributed by atoms with Crippen molar-refractivity contribution in [2.75, 3.05) is 6.26 Å². The lowest BCUT2D eigenvalue weighted by Crippen LogP contribution is -1.86. The Labute approximate surface area is 122 Å². The van der Waals surface area contributed by atoms with Gasteiger partial charge in [0.1, 0.15) is 11.5 Å². The molecule has 0 radical (unpaired) electrons. The molecule has 0 N–H and O–H groups in total. The van der Waals surface area contributed by atoms with Crippen LogP contribution in [0.4, 0.5) is 0 Å². The van der Waals surface area contributed by atoms with Gasteiger partial charge in [0.2, 0.25) is 0 Å². The topological polar surface area (TPSA) is 38.9 Å². The fourth-order valence-corrected chi connectivity index (χ4v) is 2.85. The van der Waals surface area contributed by atoms with E-state index >= 15 is 0 Å². The average Bonchev–Trinajstić information content (AvgIpc) is 2.89. The van der Waals surface area contributed by atoms with Crippen LogP contribution in [0.3, 0.4) is 0 Å². The van der Waals surface area contributed by atoms with Gasteiger partial charge in [0.15, 0.2) is 0 Å². The van der Waals surface area contributed by atoms with Crippen LogP contribution in [0.5, 0.6) is 0 Å². The van der Waals surface area contributed by atoms with Gasteiger partial charge in [-0.15, -0.1) is 11.8 Å². The molecular formula is C16H14N2OS. The second kappa shape index (κ2) is 5.51. The summed E-state index contributed by atoms with van der Waals surface area (Å²) in [6.45, 7) is 1.94. The van der Waals surface area contributed by atoms with Crippen molar-refractivity contribution in [3.05, 3.63) is 54.6 Å². The molecule has 3 rings (SSSR count). The molecule has 3 nitrogen and oxygen atoms in total. The maximum atomic E-state index is 5.42. The lowest BCUT2D eigenvalue weighted by atomic mass is 10.0. The first-order valence-electron chi connectivity index (χ1n) is 6.31. The Hall–Kier alpha value is -2.07. The molecule has 0 atom stereocenters. The molecule has 0 bridgehead atoms. The van der Waals surface area contributed by atoms with Gasteiger partial charge in [-0.25, -0.2) is 0 Å². The summed E-state index contributed by atoms with van der Waals surface area (Å²) in [5, 5.41) is 4.26. The van der Waals surface area contributed by atoms with E-state index in [2.05, 4.69) is 28.5 Å². The summed E-state index contributed by atoms with van der Waals surface area (Å²) in [6.07, 6.45) is 5.63. The minimum Gasteiger partial charge on any atom is -0.360 e. The van der Waals surface area contributed by atoms with Crippen LogP contribution in [0.1, 0.15) is 5.76 Å². The number of nitrogens with zero attached hydrogens (tertiary/aromatic N) is 2. The molecule has 0 saturated heterocycles. The van der Waals surface area contributed by atoms with Crippen molar-refractivity contribution >= 4 is 11.8 Å². The number of aromatic nitrogens is 2. The van der Waals surface area contributed by atoms with E-state index in [1.54, 1.807) is 24.2 Å². The number of rotatable bonds is 3. The first-order chi connectivity index (χ1) is 9.81. The highest BCUT2D eigenvalue weighted by Gasteiger charge is 2.18. The zero-order chi connectivity index (χ0) is 13.9. The number of benzene rings is 1. The fourth-order valence-electron chi connectivity index (χ4n) is 2.25. The van der Waals surface area contributed by atoms with Gasteiger partial charge in [-0.1, -0.05) is 23.4 Å². The summed E-state index contributed by atoms with van der Waals surface area (Å²) in [5.41, 5.74) is 4.10. The van der Waals surface area contributed by atoms with Crippen LogP contribution < -0.4 is 0 Å². The minimum absolute atomic E-state index is 0.821. The number of thioether (sulfide) groups is 1. The number of aryl methyl sites for hydroxylation is 1. The predicted molar refractivity (Wildman–Crippen MR) is 81.7 cm³/mol. The van der Waals surface area contributed by atoms with Gasteiger partial charge in [0, 0.05) is 22.9 Å². The molecule has 100 valence electrons. The third-order valence-corrected chi connectivity index (χ3v) is 3.99. The van der Waals surface area contributed by atoms with Crippen LogP contribution in [-0.2, 0) is 0 Å². The van der Waals surface area contributed by atoms with Crippen molar-refractivity contribution in [1.29, 1.82) is 0 Å². The highest BCUT2D eigenvalue weighted by Crippen LogP contribution is 2.37. The zero-order valence-electron chi connectivity index (χ0n) is 11.3. The molecule has 1 aromatic carbocycles. The van der Waals surface area contributed by atoms with Gasteiger partial charge >= 0.3 is 0 Å². The molecule has 4 heteroatoms. The highest BCUT2D eigenvalue weighted by molar-refractivity contribution is 7.98. The molecule has 0 aliphatic rings. The van der Waals surface area contributed by atoms with Gasteiger partial charge < -0.3 is 4.52 Å². The smallest absolute Gasteiger partial charge is 0.142 e. The molecule has 0 amide bonds. The van der Waals surface area contributed by atoms with E-state index in [-0.39, 0.29) is 0 Å². The van der Waals surface area contributed by atoms with Gasteiger partial charge in [0.25, 0.3) is 0 Å². The highest BCUT2D eigenvalue weighted by atomic mass is 32.2. The average molecular weight is 282 g/mol. The molecule has 0 fully saturated rings. The summed E-state index contributed by atoms with van der Waals surface area (Å²) in [5.74, 6) is 0.821. The molecule has 0 saturated carbocycles. The number of pyridine rings is 1. The van der Waals surface area contributed by atoms with E-state index in [9.17, 15) is 0 Å². The predicted octanol–water partition coefficient (Wildman–Crippen LogP) is 4.43. The fraction of sp³-hybridized carbons (Fsp3) is 0.125. The van der Waals surface area contributed by atoms with Crippen molar-refractivity contribution in [2.45, 2.75) is 11.8 Å². The van der Waals surface area contributed by atoms with Crippen molar-refractivity contribution in [2.24, 2.45) is 0 Å². The second-order valence-electron chi connectivity index (χ2n) is 4.40. The first-order valence-corrected chi connectivity index (χ1v) is 7.54. The summed E-state index contributed by atoms with van der Waals surface area (Å²) in [7, 11) is 0. The molecule has 2 aromatic heterocycles. The maximum Gasteiger partial charge on any atom is 0.142 e. The summed E-state index contributed by atoms with van der Waals surface area (Å²) in [6, 6.07) is 12.2. The van der Waals surface area contributed by atoms with E-state index in [0.717, 1.165) is 28.1 Å². The second-order valence-corrected chi connectivity index (χ2v) is 5.25. The van der Waals surface area contributed by atoms with E-state index in [1.165, 1.54) is 4.90 Å². The Morgan fingerprint density at radius 2 is 1.80 bits per heavy atom. The van der Waals surface area contributed by atoms with Crippen LogP contribution in [0.15, 0.2) is 58.2 Å². The summed E-state index contributed by atoms with van der Waals surface area (Å²) < 4.78 is 5.42. The largest absolute Gasteiger partial charge is 0.360 e. The van der Waals surface area contributed by atoms with Crippen LogP contribution in [0.25, 0.3) is 22.4 Å². The van der Waals surface area contributed by atoms with Crippen molar-refractivity contribution in [1.82, 2.24) is 10.1 Å². The van der Waals surface area contributed by atoms with Gasteiger partial charge in [0.05, 0.1) is 5.56 Å². The Bertz CT molecular complexity index is 722. The third kappa shape index (κ3) is 2.23. The number of hydrogen-bond acceptors (Lipinski definition) is 4. The van der Waals surface area contributed by atoms with Crippen molar-refractivity contribution in [3.63, 3.8) is 0 Å². The normalized spacial score (nSPS) is 10.7. The lowest BCUT2D eigenvalue weighted by Gasteiger charge is -2.06. The summed E-state index contributed by atoms with van der Waals surface area (Å²) >= 11 is 1.71. The monoisotopic (exact) mass is 282 g/mol. The van der Waals surface area contributed by atoms with Gasteiger partial charge in [-0.2, -0.15) is 0 Å². The first kappa shape index (κ1) is 12.9. The SMILES string of the molecule is CSc1ccccc1-c1noc(C)c1-c1ccncc1.